The van der Waals surface area contributed by atoms with E-state index in [9.17, 15) is 4.79 Å². The van der Waals surface area contributed by atoms with Crippen molar-refractivity contribution in [2.24, 2.45) is 0 Å². The molecule has 5 nitrogen and oxygen atoms in total. The number of carbonyl (C=O) groups excluding carboxylic acids is 1. The molecule has 1 fully saturated rings. The summed E-state index contributed by atoms with van der Waals surface area (Å²) in [7, 11) is 0. The van der Waals surface area contributed by atoms with Crippen LogP contribution in [0, 0.1) is 13.8 Å². The Balaban J connectivity index is 1.66. The van der Waals surface area contributed by atoms with Gasteiger partial charge in [-0.2, -0.15) is 0 Å². The fourth-order valence-corrected chi connectivity index (χ4v) is 2.95. The molecule has 6 heteroatoms. The van der Waals surface area contributed by atoms with Crippen LogP contribution in [-0.2, 0) is 0 Å². The molecule has 3 rings (SSSR count). The maximum Gasteiger partial charge on any atom is 0.254 e. The third-order valence-electron chi connectivity index (χ3n) is 3.93. The summed E-state index contributed by atoms with van der Waals surface area (Å²) in [5.74, 6) is 0.972. The largest absolute Gasteiger partial charge is 0.353 e. The monoisotopic (exact) mass is 330 g/mol. The van der Waals surface area contributed by atoms with Crippen molar-refractivity contribution in [1.82, 2.24) is 14.9 Å². The zero-order valence-corrected chi connectivity index (χ0v) is 14.0. The quantitative estimate of drug-likeness (QED) is 0.849. The second kappa shape index (κ2) is 6.54. The summed E-state index contributed by atoms with van der Waals surface area (Å²) in [6, 6.07) is 7.45. The highest BCUT2D eigenvalue weighted by atomic mass is 35.5. The van der Waals surface area contributed by atoms with Crippen molar-refractivity contribution in [3.05, 3.63) is 52.4 Å². The van der Waals surface area contributed by atoms with E-state index in [2.05, 4.69) is 14.9 Å². The van der Waals surface area contributed by atoms with E-state index in [-0.39, 0.29) is 5.91 Å². The van der Waals surface area contributed by atoms with E-state index in [1.165, 1.54) is 0 Å². The molecule has 0 aromatic carbocycles. The fourth-order valence-electron chi connectivity index (χ4n) is 2.83. The minimum absolute atomic E-state index is 0.0716. The van der Waals surface area contributed by atoms with Crippen LogP contribution in [0.5, 0.6) is 0 Å². The minimum atomic E-state index is 0.0716. The summed E-state index contributed by atoms with van der Waals surface area (Å²) in [5.41, 5.74) is 2.46. The van der Waals surface area contributed by atoms with E-state index in [1.54, 1.807) is 6.20 Å². The van der Waals surface area contributed by atoms with E-state index in [0.717, 1.165) is 30.3 Å². The van der Waals surface area contributed by atoms with Crippen LogP contribution in [0.15, 0.2) is 30.5 Å². The Hall–Kier alpha value is -2.14. The molecule has 1 aliphatic heterocycles. The Bertz CT molecular complexity index is 689. The lowest BCUT2D eigenvalue weighted by atomic mass is 10.1. The normalized spacial score (nSPS) is 14.9. The molecule has 3 heterocycles. The van der Waals surface area contributed by atoms with E-state index in [4.69, 9.17) is 11.6 Å². The Kier molecular flexibility index (Phi) is 4.48. The molecule has 1 amide bonds. The molecule has 120 valence electrons. The second-order valence-electron chi connectivity index (χ2n) is 5.75. The summed E-state index contributed by atoms with van der Waals surface area (Å²) in [6.07, 6.45) is 1.65. The van der Waals surface area contributed by atoms with E-state index < -0.39 is 0 Å². The van der Waals surface area contributed by atoms with Gasteiger partial charge in [-0.25, -0.2) is 4.98 Å². The summed E-state index contributed by atoms with van der Waals surface area (Å²) in [6.45, 7) is 6.72. The van der Waals surface area contributed by atoms with Gasteiger partial charge in [0.05, 0.1) is 5.02 Å². The topological polar surface area (TPSA) is 49.3 Å². The van der Waals surface area contributed by atoms with E-state index in [1.807, 2.05) is 43.0 Å². The standard InChI is InChI=1S/C17H19ClN4O/c1-12-9-14(10-13(2)20-12)17(23)22-7-5-21(6-8-22)16-4-3-15(18)11-19-16/h3-4,9-11H,5-8H2,1-2H3. The van der Waals surface area contributed by atoms with Gasteiger partial charge in [0.15, 0.2) is 0 Å². The van der Waals surface area contributed by atoms with Crippen molar-refractivity contribution >= 4 is 23.3 Å². The number of anilines is 1. The van der Waals surface area contributed by atoms with Crippen LogP contribution < -0.4 is 4.90 Å². The van der Waals surface area contributed by atoms with E-state index in [0.29, 0.717) is 23.7 Å². The Morgan fingerprint density at radius 3 is 2.30 bits per heavy atom. The number of nitrogens with zero attached hydrogens (tertiary/aromatic N) is 4. The van der Waals surface area contributed by atoms with Crippen LogP contribution >= 0.6 is 11.6 Å². The number of halogens is 1. The fraction of sp³-hybridized carbons (Fsp3) is 0.353. The molecule has 0 spiro atoms. The first-order valence-corrected chi connectivity index (χ1v) is 8.02. The van der Waals surface area contributed by atoms with Gasteiger partial charge in [-0.15, -0.1) is 0 Å². The first-order valence-electron chi connectivity index (χ1n) is 7.64. The van der Waals surface area contributed by atoms with Crippen molar-refractivity contribution in [1.29, 1.82) is 0 Å². The van der Waals surface area contributed by atoms with Gasteiger partial charge in [0.25, 0.3) is 5.91 Å². The predicted octanol–water partition coefficient (Wildman–Crippen LogP) is 2.71. The van der Waals surface area contributed by atoms with Gasteiger partial charge in [0.1, 0.15) is 5.82 Å². The van der Waals surface area contributed by atoms with Crippen LogP contribution in [0.25, 0.3) is 0 Å². The maximum atomic E-state index is 12.6. The van der Waals surface area contributed by atoms with Crippen LogP contribution in [0.1, 0.15) is 21.7 Å². The average Bonchev–Trinajstić information content (AvgIpc) is 2.54. The van der Waals surface area contributed by atoms with Crippen molar-refractivity contribution in [2.45, 2.75) is 13.8 Å². The highest BCUT2D eigenvalue weighted by Crippen LogP contribution is 2.17. The molecule has 23 heavy (non-hydrogen) atoms. The summed E-state index contributed by atoms with van der Waals surface area (Å²) in [5, 5.41) is 0.631. The second-order valence-corrected chi connectivity index (χ2v) is 6.19. The summed E-state index contributed by atoms with van der Waals surface area (Å²) in [4.78, 5) is 25.4. The van der Waals surface area contributed by atoms with Crippen LogP contribution in [-0.4, -0.2) is 47.0 Å². The van der Waals surface area contributed by atoms with Crippen LogP contribution in [0.3, 0.4) is 0 Å². The molecule has 0 saturated carbocycles. The first-order chi connectivity index (χ1) is 11.0. The van der Waals surface area contributed by atoms with Gasteiger partial charge in [-0.3, -0.25) is 9.78 Å². The molecule has 0 unspecified atom stereocenters. The smallest absolute Gasteiger partial charge is 0.254 e. The highest BCUT2D eigenvalue weighted by molar-refractivity contribution is 6.30. The molecule has 0 N–H and O–H groups in total. The molecule has 0 bridgehead atoms. The number of aromatic nitrogens is 2. The number of hydrogen-bond donors (Lipinski definition) is 0. The third-order valence-corrected chi connectivity index (χ3v) is 4.15. The molecule has 0 atom stereocenters. The third kappa shape index (κ3) is 3.62. The zero-order chi connectivity index (χ0) is 16.4. The highest BCUT2D eigenvalue weighted by Gasteiger charge is 2.23. The summed E-state index contributed by atoms with van der Waals surface area (Å²) >= 11 is 5.87. The Morgan fingerprint density at radius 2 is 1.74 bits per heavy atom. The molecule has 1 aliphatic rings. The van der Waals surface area contributed by atoms with Gasteiger partial charge >= 0.3 is 0 Å². The van der Waals surface area contributed by atoms with Gasteiger partial charge < -0.3 is 9.80 Å². The molecule has 1 saturated heterocycles. The Labute approximate surface area is 140 Å². The lowest BCUT2D eigenvalue weighted by Gasteiger charge is -2.35. The first kappa shape index (κ1) is 15.7. The maximum absolute atomic E-state index is 12.6. The van der Waals surface area contributed by atoms with Gasteiger partial charge in [0, 0.05) is 49.3 Å². The number of carbonyl (C=O) groups is 1. The molecular formula is C17H19ClN4O. The molecule has 2 aromatic rings. The van der Waals surface area contributed by atoms with Crippen molar-refractivity contribution in [3.63, 3.8) is 0 Å². The summed E-state index contributed by atoms with van der Waals surface area (Å²) < 4.78 is 0. The van der Waals surface area contributed by atoms with Crippen LogP contribution in [0.2, 0.25) is 5.02 Å². The van der Waals surface area contributed by atoms with E-state index >= 15 is 0 Å². The lowest BCUT2D eigenvalue weighted by molar-refractivity contribution is 0.0746. The number of pyridine rings is 2. The van der Waals surface area contributed by atoms with Gasteiger partial charge in [-0.1, -0.05) is 11.6 Å². The average molecular weight is 331 g/mol. The predicted molar refractivity (Wildman–Crippen MR) is 91.1 cm³/mol. The minimum Gasteiger partial charge on any atom is -0.353 e. The molecule has 0 radical (unpaired) electrons. The SMILES string of the molecule is Cc1cc(C(=O)N2CCN(c3ccc(Cl)cn3)CC2)cc(C)n1. The molecule has 2 aromatic heterocycles. The lowest BCUT2D eigenvalue weighted by Crippen LogP contribution is -2.49. The number of hydrogen-bond acceptors (Lipinski definition) is 4. The van der Waals surface area contributed by atoms with Gasteiger partial charge in [0.2, 0.25) is 0 Å². The van der Waals surface area contributed by atoms with Crippen molar-refractivity contribution in [3.8, 4) is 0 Å². The molecular weight excluding hydrogens is 312 g/mol. The number of aryl methyl sites for hydroxylation is 2. The number of amides is 1. The number of piperazine rings is 1. The van der Waals surface area contributed by atoms with Gasteiger partial charge in [-0.05, 0) is 38.1 Å². The van der Waals surface area contributed by atoms with Crippen LogP contribution in [0.4, 0.5) is 5.82 Å². The molecule has 0 aliphatic carbocycles. The van der Waals surface area contributed by atoms with Crippen molar-refractivity contribution in [2.75, 3.05) is 31.1 Å². The van der Waals surface area contributed by atoms with Crippen molar-refractivity contribution < 1.29 is 4.79 Å². The number of rotatable bonds is 2. The Morgan fingerprint density at radius 1 is 1.09 bits per heavy atom. The zero-order valence-electron chi connectivity index (χ0n) is 13.3.